The van der Waals surface area contributed by atoms with E-state index in [1.54, 1.807) is 25.1 Å². The maximum Gasteiger partial charge on any atom is 0.337 e. The first-order valence-corrected chi connectivity index (χ1v) is 5.91. The van der Waals surface area contributed by atoms with Crippen LogP contribution in [0.3, 0.4) is 0 Å². The molecule has 0 radical (unpaired) electrons. The Bertz CT molecular complexity index is 806. The van der Waals surface area contributed by atoms with Crippen LogP contribution in [0.2, 0.25) is 0 Å². The Morgan fingerprint density at radius 3 is 2.80 bits per heavy atom. The number of fused-ring (bicyclic) bond motifs is 1. The zero-order chi connectivity index (χ0) is 14.3. The molecule has 0 saturated heterocycles. The molecule has 0 atom stereocenters. The second-order valence-electron chi connectivity index (χ2n) is 4.47. The first-order valence-electron chi connectivity index (χ1n) is 5.91. The van der Waals surface area contributed by atoms with Gasteiger partial charge < -0.3 is 5.11 Å². The van der Waals surface area contributed by atoms with Crippen molar-refractivity contribution in [3.05, 3.63) is 53.3 Å². The van der Waals surface area contributed by atoms with Crippen LogP contribution in [0.15, 0.2) is 36.4 Å². The Balaban J connectivity index is 2.34. The average molecular weight is 271 g/mol. The second-order valence-corrected chi connectivity index (χ2v) is 4.47. The molecule has 0 aliphatic carbocycles. The van der Waals surface area contributed by atoms with Crippen LogP contribution in [-0.2, 0) is 0 Å². The molecule has 1 heterocycles. The Morgan fingerprint density at radius 1 is 1.30 bits per heavy atom. The molecule has 6 heteroatoms. The number of carboxylic acids is 1. The molecular weight excluding hydrogens is 261 g/mol. The lowest BCUT2D eigenvalue weighted by Gasteiger charge is -2.05. The number of rotatable bonds is 2. The molecule has 0 aliphatic heterocycles. The minimum Gasteiger partial charge on any atom is -0.478 e. The van der Waals surface area contributed by atoms with Gasteiger partial charge in [0.2, 0.25) is 0 Å². The maximum absolute atomic E-state index is 13.5. The van der Waals surface area contributed by atoms with Gasteiger partial charge in [0.1, 0.15) is 16.9 Å². The van der Waals surface area contributed by atoms with Gasteiger partial charge in [-0.25, -0.2) is 13.9 Å². The highest BCUT2D eigenvalue weighted by Crippen LogP contribution is 2.21. The van der Waals surface area contributed by atoms with Gasteiger partial charge in [-0.2, -0.15) is 0 Å². The van der Waals surface area contributed by atoms with E-state index in [2.05, 4.69) is 10.3 Å². The van der Waals surface area contributed by atoms with Crippen LogP contribution >= 0.6 is 0 Å². The standard InChI is InChI=1S/C14H10FN3O2/c1-8-5-9(15)7-10(6-8)18-13-11(14(19)20)3-2-4-12(13)16-17-18/h2-7H,1H3,(H,19,20). The van der Waals surface area contributed by atoms with Gasteiger partial charge >= 0.3 is 5.97 Å². The molecule has 0 saturated carbocycles. The van der Waals surface area contributed by atoms with Crippen molar-refractivity contribution in [3.8, 4) is 5.69 Å². The van der Waals surface area contributed by atoms with Crippen molar-refractivity contribution >= 4 is 17.0 Å². The number of benzene rings is 2. The van der Waals surface area contributed by atoms with Gasteiger partial charge in [0.15, 0.2) is 0 Å². The van der Waals surface area contributed by atoms with Crippen LogP contribution in [0.25, 0.3) is 16.7 Å². The highest BCUT2D eigenvalue weighted by molar-refractivity contribution is 6.01. The lowest BCUT2D eigenvalue weighted by atomic mass is 10.1. The summed E-state index contributed by atoms with van der Waals surface area (Å²) in [4.78, 5) is 11.3. The molecule has 20 heavy (non-hydrogen) atoms. The molecule has 0 amide bonds. The fourth-order valence-electron chi connectivity index (χ4n) is 2.16. The van der Waals surface area contributed by atoms with Crippen molar-refractivity contribution in [2.75, 3.05) is 0 Å². The number of nitrogens with zero attached hydrogens (tertiary/aromatic N) is 3. The highest BCUT2D eigenvalue weighted by Gasteiger charge is 2.16. The van der Waals surface area contributed by atoms with Crippen molar-refractivity contribution in [3.63, 3.8) is 0 Å². The number of hydrogen-bond donors (Lipinski definition) is 1. The van der Waals surface area contributed by atoms with Crippen molar-refractivity contribution in [2.24, 2.45) is 0 Å². The zero-order valence-electron chi connectivity index (χ0n) is 10.5. The quantitative estimate of drug-likeness (QED) is 0.777. The summed E-state index contributed by atoms with van der Waals surface area (Å²) in [6.07, 6.45) is 0. The van der Waals surface area contributed by atoms with Gasteiger partial charge in [-0.1, -0.05) is 11.3 Å². The zero-order valence-corrected chi connectivity index (χ0v) is 10.5. The highest BCUT2D eigenvalue weighted by atomic mass is 19.1. The number of halogens is 1. The Morgan fingerprint density at radius 2 is 2.10 bits per heavy atom. The molecule has 100 valence electrons. The van der Waals surface area contributed by atoms with E-state index < -0.39 is 11.8 Å². The van der Waals surface area contributed by atoms with Crippen molar-refractivity contribution in [2.45, 2.75) is 6.92 Å². The van der Waals surface area contributed by atoms with Crippen LogP contribution < -0.4 is 0 Å². The summed E-state index contributed by atoms with van der Waals surface area (Å²) in [6.45, 7) is 1.75. The lowest BCUT2D eigenvalue weighted by molar-refractivity contribution is 0.0698. The number of para-hydroxylation sites is 1. The molecule has 3 aromatic rings. The fourth-order valence-corrected chi connectivity index (χ4v) is 2.16. The van der Waals surface area contributed by atoms with Gasteiger partial charge in [0.25, 0.3) is 0 Å². The third kappa shape index (κ3) is 1.91. The molecular formula is C14H10FN3O2. The van der Waals surface area contributed by atoms with E-state index in [1.807, 2.05) is 0 Å². The molecule has 0 fully saturated rings. The number of aromatic nitrogens is 3. The molecule has 0 bridgehead atoms. The van der Waals surface area contributed by atoms with Crippen molar-refractivity contribution in [1.82, 2.24) is 15.0 Å². The van der Waals surface area contributed by atoms with E-state index in [4.69, 9.17) is 0 Å². The Labute approximate surface area is 113 Å². The van der Waals surface area contributed by atoms with E-state index >= 15 is 0 Å². The second kappa shape index (κ2) is 4.41. The van der Waals surface area contributed by atoms with Crippen molar-refractivity contribution in [1.29, 1.82) is 0 Å². The number of hydrogen-bond acceptors (Lipinski definition) is 3. The topological polar surface area (TPSA) is 68.0 Å². The smallest absolute Gasteiger partial charge is 0.337 e. The maximum atomic E-state index is 13.5. The number of aromatic carboxylic acids is 1. The summed E-state index contributed by atoms with van der Waals surface area (Å²) in [5, 5.41) is 17.1. The monoisotopic (exact) mass is 271 g/mol. The third-order valence-corrected chi connectivity index (χ3v) is 2.97. The SMILES string of the molecule is Cc1cc(F)cc(-n2nnc3cccc(C(=O)O)c32)c1. The molecule has 5 nitrogen and oxygen atoms in total. The Hall–Kier alpha value is -2.76. The third-order valence-electron chi connectivity index (χ3n) is 2.97. The van der Waals surface area contributed by atoms with E-state index in [9.17, 15) is 14.3 Å². The summed E-state index contributed by atoms with van der Waals surface area (Å²) in [5.41, 5.74) is 2.04. The minimum atomic E-state index is -1.08. The number of carboxylic acid groups (broad SMARTS) is 1. The summed E-state index contributed by atoms with van der Waals surface area (Å²) >= 11 is 0. The largest absolute Gasteiger partial charge is 0.478 e. The fraction of sp³-hybridized carbons (Fsp3) is 0.0714. The Kier molecular flexibility index (Phi) is 2.71. The van der Waals surface area contributed by atoms with Gasteiger partial charge in [0.05, 0.1) is 11.3 Å². The molecule has 2 aromatic carbocycles. The van der Waals surface area contributed by atoms with Crippen molar-refractivity contribution < 1.29 is 14.3 Å². The molecule has 1 aromatic heterocycles. The van der Waals surface area contributed by atoms with Gasteiger partial charge in [0, 0.05) is 0 Å². The van der Waals surface area contributed by atoms with Gasteiger partial charge in [-0.05, 0) is 42.8 Å². The van der Waals surface area contributed by atoms with Crippen LogP contribution in [0.5, 0.6) is 0 Å². The van der Waals surface area contributed by atoms with E-state index in [0.717, 1.165) is 5.56 Å². The van der Waals surface area contributed by atoms with E-state index in [1.165, 1.54) is 22.9 Å². The predicted molar refractivity (Wildman–Crippen MR) is 70.5 cm³/mol. The molecule has 0 unspecified atom stereocenters. The van der Waals surface area contributed by atoms with Crippen LogP contribution in [0, 0.1) is 12.7 Å². The molecule has 0 aliphatic rings. The van der Waals surface area contributed by atoms with E-state index in [0.29, 0.717) is 16.7 Å². The first kappa shape index (κ1) is 12.3. The number of aryl methyl sites for hydroxylation is 1. The normalized spacial score (nSPS) is 10.9. The van der Waals surface area contributed by atoms with Crippen LogP contribution in [0.4, 0.5) is 4.39 Å². The predicted octanol–water partition coefficient (Wildman–Crippen LogP) is 2.57. The summed E-state index contributed by atoms with van der Waals surface area (Å²) < 4.78 is 14.8. The summed E-state index contributed by atoms with van der Waals surface area (Å²) in [7, 11) is 0. The molecule has 0 spiro atoms. The molecule has 1 N–H and O–H groups in total. The van der Waals surface area contributed by atoms with E-state index in [-0.39, 0.29) is 5.56 Å². The minimum absolute atomic E-state index is 0.0782. The summed E-state index contributed by atoms with van der Waals surface area (Å²) in [6, 6.07) is 9.13. The lowest BCUT2D eigenvalue weighted by Crippen LogP contribution is -2.04. The van der Waals surface area contributed by atoms with Gasteiger partial charge in [-0.15, -0.1) is 5.10 Å². The van der Waals surface area contributed by atoms with Crippen LogP contribution in [-0.4, -0.2) is 26.1 Å². The van der Waals surface area contributed by atoms with Gasteiger partial charge in [-0.3, -0.25) is 0 Å². The number of carbonyl (C=O) groups is 1. The summed E-state index contributed by atoms with van der Waals surface area (Å²) in [5.74, 6) is -1.48. The first-order chi connectivity index (χ1) is 9.56. The molecule has 3 rings (SSSR count). The van der Waals surface area contributed by atoms with Crippen LogP contribution in [0.1, 0.15) is 15.9 Å². The average Bonchev–Trinajstić information content (AvgIpc) is 2.80.